The second kappa shape index (κ2) is 5.39. The van der Waals surface area contributed by atoms with Crippen molar-refractivity contribution in [3.8, 4) is 0 Å². The Morgan fingerprint density at radius 1 is 1.86 bits per heavy atom. The van der Waals surface area contributed by atoms with Crippen LogP contribution in [0.4, 0.5) is 4.39 Å². The van der Waals surface area contributed by atoms with E-state index in [2.05, 4.69) is 5.32 Å². The lowest BCUT2D eigenvalue weighted by Crippen LogP contribution is -2.20. The highest BCUT2D eigenvalue weighted by Gasteiger charge is 2.25. The number of halogens is 1. The molecule has 4 heteroatoms. The van der Waals surface area contributed by atoms with Gasteiger partial charge in [-0.3, -0.25) is 4.79 Å². The van der Waals surface area contributed by atoms with Crippen molar-refractivity contribution in [2.75, 3.05) is 12.8 Å². The van der Waals surface area contributed by atoms with Crippen molar-refractivity contribution in [3.63, 3.8) is 0 Å². The second-order valence-corrected chi connectivity index (χ2v) is 4.46. The molecule has 2 atom stereocenters. The molecule has 0 aromatic rings. The summed E-state index contributed by atoms with van der Waals surface area (Å²) in [5, 5.41) is 2.63. The third-order valence-electron chi connectivity index (χ3n) is 2.43. The lowest BCUT2D eigenvalue weighted by molar-refractivity contribution is -0.122. The van der Waals surface area contributed by atoms with Gasteiger partial charge in [0.15, 0.2) is 5.16 Å². The number of thioether (sulfide) groups is 1. The molecule has 1 rings (SSSR count). The van der Waals surface area contributed by atoms with Crippen LogP contribution in [0.3, 0.4) is 0 Å². The summed E-state index contributed by atoms with van der Waals surface area (Å²) in [6.07, 6.45) is 4.94. The van der Waals surface area contributed by atoms with E-state index >= 15 is 0 Å². The van der Waals surface area contributed by atoms with Crippen molar-refractivity contribution in [2.45, 2.75) is 19.8 Å². The quantitative estimate of drug-likeness (QED) is 0.783. The Kier molecular flexibility index (Phi) is 4.45. The average molecular weight is 217 g/mol. The smallest absolute Gasteiger partial charge is 0.223 e. The first kappa shape index (κ1) is 11.6. The summed E-state index contributed by atoms with van der Waals surface area (Å²) in [6, 6.07) is 0. The van der Waals surface area contributed by atoms with E-state index in [1.807, 2.05) is 6.92 Å². The Morgan fingerprint density at radius 2 is 2.57 bits per heavy atom. The van der Waals surface area contributed by atoms with Crippen LogP contribution in [0, 0.1) is 11.8 Å². The van der Waals surface area contributed by atoms with Gasteiger partial charge in [0.25, 0.3) is 0 Å². The maximum atomic E-state index is 12.9. The number of carbonyl (C=O) groups excluding carboxylic acids is 1. The van der Waals surface area contributed by atoms with Crippen LogP contribution in [0.1, 0.15) is 19.8 Å². The van der Waals surface area contributed by atoms with Crippen LogP contribution in [0.5, 0.6) is 0 Å². The number of nitrogens with one attached hydrogen (secondary N) is 1. The van der Waals surface area contributed by atoms with Crippen molar-refractivity contribution < 1.29 is 9.18 Å². The summed E-state index contributed by atoms with van der Waals surface area (Å²) in [7, 11) is 0. The molecule has 0 aromatic heterocycles. The number of allylic oxidation sites excluding steroid dienone is 1. The Bertz CT molecular complexity index is 242. The second-order valence-electron chi connectivity index (χ2n) is 3.66. The standard InChI is InChI=1S/C10H16FNOS/c1-7(6-9(11)14-2)5-8-3-4-12-10(8)13/h6-8H,3-5H2,1-2H3,(H,12,13)/b9-6+. The number of rotatable bonds is 4. The zero-order valence-corrected chi connectivity index (χ0v) is 9.36. The van der Waals surface area contributed by atoms with Gasteiger partial charge < -0.3 is 5.32 Å². The highest BCUT2D eigenvalue weighted by molar-refractivity contribution is 8.02. The van der Waals surface area contributed by atoms with Gasteiger partial charge in [0.05, 0.1) is 0 Å². The van der Waals surface area contributed by atoms with Crippen LogP contribution in [-0.4, -0.2) is 18.7 Å². The monoisotopic (exact) mass is 217 g/mol. The minimum absolute atomic E-state index is 0.0795. The lowest BCUT2D eigenvalue weighted by Gasteiger charge is -2.10. The van der Waals surface area contributed by atoms with E-state index in [4.69, 9.17) is 0 Å². The predicted molar refractivity (Wildman–Crippen MR) is 57.6 cm³/mol. The first-order valence-corrected chi connectivity index (χ1v) is 6.05. The molecule has 1 amide bonds. The van der Waals surface area contributed by atoms with E-state index in [9.17, 15) is 9.18 Å². The van der Waals surface area contributed by atoms with Crippen LogP contribution in [0.25, 0.3) is 0 Å². The first-order chi connectivity index (χ1) is 6.63. The van der Waals surface area contributed by atoms with Gasteiger partial charge in [0.2, 0.25) is 5.91 Å². The Hall–Kier alpha value is -0.510. The van der Waals surface area contributed by atoms with Crippen molar-refractivity contribution in [1.82, 2.24) is 5.32 Å². The molecule has 2 unspecified atom stereocenters. The largest absolute Gasteiger partial charge is 0.356 e. The molecule has 0 spiro atoms. The minimum atomic E-state index is -0.157. The summed E-state index contributed by atoms with van der Waals surface area (Å²) in [5.41, 5.74) is 0. The van der Waals surface area contributed by atoms with Crippen LogP contribution in [0.15, 0.2) is 11.2 Å². The van der Waals surface area contributed by atoms with Gasteiger partial charge in [-0.2, -0.15) is 4.39 Å². The third kappa shape index (κ3) is 3.33. The normalized spacial score (nSPS) is 24.9. The summed E-state index contributed by atoms with van der Waals surface area (Å²) >= 11 is 1.11. The summed E-state index contributed by atoms with van der Waals surface area (Å²) in [6.45, 7) is 2.71. The molecule has 1 N–H and O–H groups in total. The van der Waals surface area contributed by atoms with Crippen molar-refractivity contribution in [2.24, 2.45) is 11.8 Å². The predicted octanol–water partition coefficient (Wildman–Crippen LogP) is 2.32. The Labute approximate surface area is 88.3 Å². The molecule has 1 aliphatic heterocycles. The van der Waals surface area contributed by atoms with Crippen LogP contribution in [0.2, 0.25) is 0 Å². The number of carbonyl (C=O) groups is 1. The van der Waals surface area contributed by atoms with Gasteiger partial charge >= 0.3 is 0 Å². The zero-order chi connectivity index (χ0) is 10.6. The highest BCUT2D eigenvalue weighted by atomic mass is 32.2. The van der Waals surface area contributed by atoms with Gasteiger partial charge in [-0.15, -0.1) is 0 Å². The number of hydrogen-bond donors (Lipinski definition) is 1. The highest BCUT2D eigenvalue weighted by Crippen LogP contribution is 2.23. The fourth-order valence-corrected chi connectivity index (χ4v) is 2.05. The van der Waals surface area contributed by atoms with Crippen molar-refractivity contribution >= 4 is 17.7 Å². The number of amides is 1. The van der Waals surface area contributed by atoms with Crippen LogP contribution >= 0.6 is 11.8 Å². The van der Waals surface area contributed by atoms with E-state index in [-0.39, 0.29) is 22.9 Å². The van der Waals surface area contributed by atoms with E-state index in [1.54, 1.807) is 12.3 Å². The fourth-order valence-electron chi connectivity index (χ4n) is 1.68. The maximum absolute atomic E-state index is 12.9. The first-order valence-electron chi connectivity index (χ1n) is 4.82. The average Bonchev–Trinajstić information content (AvgIpc) is 2.51. The topological polar surface area (TPSA) is 29.1 Å². The van der Waals surface area contributed by atoms with E-state index < -0.39 is 0 Å². The Balaban J connectivity index is 2.40. The van der Waals surface area contributed by atoms with Gasteiger partial charge in [-0.05, 0) is 31.1 Å². The van der Waals surface area contributed by atoms with Gasteiger partial charge in [-0.25, -0.2) is 0 Å². The fraction of sp³-hybridized carbons (Fsp3) is 0.700. The third-order valence-corrected chi connectivity index (χ3v) is 2.96. The number of hydrogen-bond acceptors (Lipinski definition) is 2. The Morgan fingerprint density at radius 3 is 3.07 bits per heavy atom. The minimum Gasteiger partial charge on any atom is -0.356 e. The molecule has 80 valence electrons. The van der Waals surface area contributed by atoms with Crippen molar-refractivity contribution in [1.29, 1.82) is 0 Å². The van der Waals surface area contributed by atoms with Gasteiger partial charge in [0.1, 0.15) is 0 Å². The lowest BCUT2D eigenvalue weighted by atomic mass is 9.95. The molecule has 2 nitrogen and oxygen atoms in total. The van der Waals surface area contributed by atoms with E-state index in [0.29, 0.717) is 0 Å². The van der Waals surface area contributed by atoms with Gasteiger partial charge in [-0.1, -0.05) is 18.7 Å². The molecular weight excluding hydrogens is 201 g/mol. The maximum Gasteiger partial charge on any atom is 0.223 e. The SMILES string of the molecule is CS/C(F)=C/C(C)CC1CCNC1=O. The summed E-state index contributed by atoms with van der Waals surface area (Å²) in [4.78, 5) is 11.2. The molecule has 0 aliphatic carbocycles. The molecule has 1 heterocycles. The van der Waals surface area contributed by atoms with Crippen molar-refractivity contribution in [3.05, 3.63) is 11.2 Å². The molecule has 0 aromatic carbocycles. The molecule has 14 heavy (non-hydrogen) atoms. The van der Waals surface area contributed by atoms with Crippen LogP contribution in [-0.2, 0) is 4.79 Å². The van der Waals surface area contributed by atoms with E-state index in [1.165, 1.54) is 0 Å². The molecule has 0 saturated carbocycles. The van der Waals surface area contributed by atoms with Gasteiger partial charge in [0, 0.05) is 12.5 Å². The molecular formula is C10H16FNOS. The summed E-state index contributed by atoms with van der Waals surface area (Å²) in [5.74, 6) is 0.335. The molecule has 0 bridgehead atoms. The van der Waals surface area contributed by atoms with Crippen LogP contribution < -0.4 is 5.32 Å². The van der Waals surface area contributed by atoms with E-state index in [0.717, 1.165) is 31.1 Å². The summed E-state index contributed by atoms with van der Waals surface area (Å²) < 4.78 is 12.9. The zero-order valence-electron chi connectivity index (χ0n) is 8.55. The molecule has 1 aliphatic rings. The molecule has 0 radical (unpaired) electrons. The molecule has 1 saturated heterocycles. The molecule has 1 fully saturated rings.